The van der Waals surface area contributed by atoms with Crippen LogP contribution >= 0.6 is 0 Å². The molecule has 0 bridgehead atoms. The number of hydrogen-bond donors (Lipinski definition) is 1. The molecule has 0 fully saturated rings. The first-order chi connectivity index (χ1) is 12.1. The molecule has 1 N–H and O–H groups in total. The number of hydrogen-bond acceptors (Lipinski definition) is 4. The van der Waals surface area contributed by atoms with E-state index in [1.807, 2.05) is 49.5 Å². The van der Waals surface area contributed by atoms with Crippen molar-refractivity contribution in [2.45, 2.75) is 13.5 Å². The third-order valence-corrected chi connectivity index (χ3v) is 3.83. The van der Waals surface area contributed by atoms with Crippen LogP contribution in [-0.4, -0.2) is 22.9 Å². The minimum absolute atomic E-state index is 0.244. The van der Waals surface area contributed by atoms with Gasteiger partial charge in [0, 0.05) is 19.8 Å². The van der Waals surface area contributed by atoms with Crippen LogP contribution < -0.4 is 10.2 Å². The second kappa shape index (κ2) is 7.57. The molecule has 0 saturated heterocycles. The molecule has 0 aliphatic carbocycles. The summed E-state index contributed by atoms with van der Waals surface area (Å²) in [6, 6.07) is 19.6. The highest BCUT2D eigenvalue weighted by atomic mass is 16.1. The van der Waals surface area contributed by atoms with Crippen LogP contribution in [-0.2, 0) is 6.54 Å². The quantitative estimate of drug-likeness (QED) is 0.774. The minimum atomic E-state index is -0.244. The van der Waals surface area contributed by atoms with E-state index in [1.165, 1.54) is 5.56 Å². The summed E-state index contributed by atoms with van der Waals surface area (Å²) in [7, 11) is 2.01. The Balaban J connectivity index is 1.80. The molecule has 0 aliphatic heterocycles. The molecule has 5 nitrogen and oxygen atoms in total. The number of benzene rings is 2. The first kappa shape index (κ1) is 16.6. The topological polar surface area (TPSA) is 58.1 Å². The molecule has 0 aliphatic rings. The minimum Gasteiger partial charge on any atom is -0.369 e. The first-order valence-electron chi connectivity index (χ1n) is 8.08. The lowest BCUT2D eigenvalue weighted by molar-refractivity contribution is 0.102. The molecule has 0 radical (unpaired) electrons. The van der Waals surface area contributed by atoms with Crippen molar-refractivity contribution in [2.75, 3.05) is 17.3 Å². The van der Waals surface area contributed by atoms with E-state index in [2.05, 4.69) is 32.3 Å². The first-order valence-corrected chi connectivity index (χ1v) is 8.08. The Morgan fingerprint density at radius 3 is 2.52 bits per heavy atom. The Kier molecular flexibility index (Phi) is 5.04. The van der Waals surface area contributed by atoms with E-state index < -0.39 is 0 Å². The predicted molar refractivity (Wildman–Crippen MR) is 99.7 cm³/mol. The van der Waals surface area contributed by atoms with E-state index in [0.29, 0.717) is 11.5 Å². The molecule has 1 heterocycles. The number of nitrogens with one attached hydrogen (secondary N) is 1. The zero-order valence-electron chi connectivity index (χ0n) is 14.3. The molecule has 0 atom stereocenters. The van der Waals surface area contributed by atoms with Gasteiger partial charge in [-0.25, -0.2) is 9.97 Å². The fourth-order valence-corrected chi connectivity index (χ4v) is 2.62. The van der Waals surface area contributed by atoms with E-state index in [4.69, 9.17) is 0 Å². The zero-order chi connectivity index (χ0) is 17.6. The molecule has 1 amide bonds. The SMILES string of the molecule is Cc1nccc(C(=O)Nc2ccccc2N(C)Cc2ccccc2)n1. The molecular weight excluding hydrogens is 312 g/mol. The molecule has 2 aromatic carbocycles. The van der Waals surface area contributed by atoms with Crippen LogP contribution in [0.5, 0.6) is 0 Å². The average molecular weight is 332 g/mol. The van der Waals surface area contributed by atoms with Gasteiger partial charge in [0.05, 0.1) is 11.4 Å². The van der Waals surface area contributed by atoms with Crippen molar-refractivity contribution in [1.29, 1.82) is 0 Å². The van der Waals surface area contributed by atoms with Crippen molar-refractivity contribution in [2.24, 2.45) is 0 Å². The summed E-state index contributed by atoms with van der Waals surface area (Å²) in [5.41, 5.74) is 3.26. The van der Waals surface area contributed by atoms with Crippen LogP contribution in [0.15, 0.2) is 66.9 Å². The summed E-state index contributed by atoms with van der Waals surface area (Å²) in [5.74, 6) is 0.327. The van der Waals surface area contributed by atoms with Gasteiger partial charge in [-0.3, -0.25) is 4.79 Å². The lowest BCUT2D eigenvalue weighted by Gasteiger charge is -2.22. The summed E-state index contributed by atoms with van der Waals surface area (Å²) in [5, 5.41) is 2.95. The Labute approximate surface area is 147 Å². The van der Waals surface area contributed by atoms with Crippen molar-refractivity contribution in [1.82, 2.24) is 9.97 Å². The van der Waals surface area contributed by atoms with Gasteiger partial charge in [-0.2, -0.15) is 0 Å². The number of carbonyl (C=O) groups is 1. The molecule has 0 unspecified atom stereocenters. The van der Waals surface area contributed by atoms with Crippen molar-refractivity contribution in [3.8, 4) is 0 Å². The van der Waals surface area contributed by atoms with Gasteiger partial charge in [0.15, 0.2) is 0 Å². The molecule has 0 spiro atoms. The number of nitrogens with zero attached hydrogens (tertiary/aromatic N) is 3. The second-order valence-corrected chi connectivity index (χ2v) is 5.80. The standard InChI is InChI=1S/C20H20N4O/c1-15-21-13-12-18(22-15)20(25)23-17-10-6-7-11-19(17)24(2)14-16-8-4-3-5-9-16/h3-13H,14H2,1-2H3,(H,23,25). The number of rotatable bonds is 5. The van der Waals surface area contributed by atoms with Crippen molar-refractivity contribution in [3.63, 3.8) is 0 Å². The third kappa shape index (κ3) is 4.20. The summed E-state index contributed by atoms with van der Waals surface area (Å²) < 4.78 is 0. The van der Waals surface area contributed by atoms with Gasteiger partial charge in [-0.1, -0.05) is 42.5 Å². The number of aryl methyl sites for hydroxylation is 1. The molecule has 3 rings (SSSR count). The smallest absolute Gasteiger partial charge is 0.274 e. The lowest BCUT2D eigenvalue weighted by atomic mass is 10.2. The van der Waals surface area contributed by atoms with E-state index in [-0.39, 0.29) is 5.91 Å². The third-order valence-electron chi connectivity index (χ3n) is 3.83. The highest BCUT2D eigenvalue weighted by Crippen LogP contribution is 2.26. The van der Waals surface area contributed by atoms with Gasteiger partial charge >= 0.3 is 0 Å². The monoisotopic (exact) mass is 332 g/mol. The Hall–Kier alpha value is -3.21. The van der Waals surface area contributed by atoms with Gasteiger partial charge in [0.25, 0.3) is 5.91 Å². The van der Waals surface area contributed by atoms with Crippen molar-refractivity contribution < 1.29 is 4.79 Å². The largest absolute Gasteiger partial charge is 0.369 e. The van der Waals surface area contributed by atoms with E-state index >= 15 is 0 Å². The van der Waals surface area contributed by atoms with Crippen LogP contribution in [0.1, 0.15) is 21.9 Å². The molecule has 3 aromatic rings. The molecule has 1 aromatic heterocycles. The lowest BCUT2D eigenvalue weighted by Crippen LogP contribution is -2.20. The fraction of sp³-hybridized carbons (Fsp3) is 0.150. The maximum atomic E-state index is 12.5. The van der Waals surface area contributed by atoms with Crippen LogP contribution in [0, 0.1) is 6.92 Å². The van der Waals surface area contributed by atoms with E-state index in [1.54, 1.807) is 19.2 Å². The van der Waals surface area contributed by atoms with Gasteiger partial charge in [-0.15, -0.1) is 0 Å². The number of para-hydroxylation sites is 2. The van der Waals surface area contributed by atoms with E-state index in [9.17, 15) is 4.79 Å². The molecular formula is C20H20N4O. The zero-order valence-corrected chi connectivity index (χ0v) is 14.3. The predicted octanol–water partition coefficient (Wildman–Crippen LogP) is 3.67. The Morgan fingerprint density at radius 1 is 1.04 bits per heavy atom. The summed E-state index contributed by atoms with van der Waals surface area (Å²) in [6.07, 6.45) is 1.59. The number of aromatic nitrogens is 2. The molecule has 126 valence electrons. The van der Waals surface area contributed by atoms with Gasteiger partial charge in [-0.05, 0) is 30.7 Å². The van der Waals surface area contributed by atoms with Crippen LogP contribution in [0.2, 0.25) is 0 Å². The van der Waals surface area contributed by atoms with Crippen LogP contribution in [0.3, 0.4) is 0 Å². The number of amides is 1. The Morgan fingerprint density at radius 2 is 1.76 bits per heavy atom. The highest BCUT2D eigenvalue weighted by molar-refractivity contribution is 6.04. The molecule has 25 heavy (non-hydrogen) atoms. The fourth-order valence-electron chi connectivity index (χ4n) is 2.62. The van der Waals surface area contributed by atoms with Crippen LogP contribution in [0.4, 0.5) is 11.4 Å². The Bertz CT molecular complexity index is 864. The maximum absolute atomic E-state index is 12.5. The van der Waals surface area contributed by atoms with Crippen LogP contribution in [0.25, 0.3) is 0 Å². The maximum Gasteiger partial charge on any atom is 0.274 e. The normalized spacial score (nSPS) is 10.3. The number of carbonyl (C=O) groups excluding carboxylic acids is 1. The summed E-state index contributed by atoms with van der Waals surface area (Å²) in [6.45, 7) is 2.51. The molecule has 0 saturated carbocycles. The summed E-state index contributed by atoms with van der Waals surface area (Å²) >= 11 is 0. The van der Waals surface area contributed by atoms with Gasteiger partial charge in [0.1, 0.15) is 11.5 Å². The van der Waals surface area contributed by atoms with Crippen molar-refractivity contribution >= 4 is 17.3 Å². The number of anilines is 2. The van der Waals surface area contributed by atoms with Crippen molar-refractivity contribution in [3.05, 3.63) is 83.9 Å². The van der Waals surface area contributed by atoms with Gasteiger partial charge in [0.2, 0.25) is 0 Å². The average Bonchev–Trinajstić information content (AvgIpc) is 2.63. The molecule has 5 heteroatoms. The highest BCUT2D eigenvalue weighted by Gasteiger charge is 2.13. The van der Waals surface area contributed by atoms with E-state index in [0.717, 1.165) is 17.9 Å². The second-order valence-electron chi connectivity index (χ2n) is 5.80. The van der Waals surface area contributed by atoms with Gasteiger partial charge < -0.3 is 10.2 Å². The summed E-state index contributed by atoms with van der Waals surface area (Å²) in [4.78, 5) is 22.8.